The van der Waals surface area contributed by atoms with Gasteiger partial charge in [-0.15, -0.1) is 10.2 Å². The lowest BCUT2D eigenvalue weighted by atomic mass is 10.2. The molecule has 0 saturated heterocycles. The molecule has 0 bridgehead atoms. The van der Waals surface area contributed by atoms with Crippen LogP contribution >= 0.6 is 11.8 Å². The van der Waals surface area contributed by atoms with Gasteiger partial charge in [0.05, 0.1) is 18.4 Å². The number of benzene rings is 2. The molecule has 3 aromatic rings. The first kappa shape index (κ1) is 20.7. The van der Waals surface area contributed by atoms with Gasteiger partial charge in [-0.1, -0.05) is 30.0 Å². The first-order valence-corrected chi connectivity index (χ1v) is 10.2. The molecule has 3 rings (SSSR count). The quantitative estimate of drug-likeness (QED) is 0.215. The highest BCUT2D eigenvalue weighted by Crippen LogP contribution is 2.27. The highest BCUT2D eigenvalue weighted by molar-refractivity contribution is 7.99. The van der Waals surface area contributed by atoms with Crippen molar-refractivity contribution in [3.63, 3.8) is 0 Å². The van der Waals surface area contributed by atoms with Crippen LogP contribution in [-0.4, -0.2) is 33.0 Å². The van der Waals surface area contributed by atoms with Gasteiger partial charge >= 0.3 is 0 Å². The fourth-order valence-electron chi connectivity index (χ4n) is 2.78. The van der Waals surface area contributed by atoms with Gasteiger partial charge in [0.25, 0.3) is 0 Å². The van der Waals surface area contributed by atoms with E-state index in [9.17, 15) is 4.79 Å². The molecule has 2 aromatic carbocycles. The number of hydrazine groups is 1. The monoisotopic (exact) mass is 412 g/mol. The molecule has 0 fully saturated rings. The Hall–Kier alpha value is -3.04. The molecule has 0 radical (unpaired) electrons. The average molecular weight is 413 g/mol. The van der Waals surface area contributed by atoms with E-state index in [1.165, 1.54) is 11.8 Å². The number of rotatable bonds is 9. The van der Waals surface area contributed by atoms with Crippen molar-refractivity contribution in [2.75, 3.05) is 17.7 Å². The van der Waals surface area contributed by atoms with Crippen LogP contribution in [0.1, 0.15) is 25.7 Å². The van der Waals surface area contributed by atoms with Crippen molar-refractivity contribution in [3.05, 3.63) is 60.4 Å². The molecule has 4 N–H and O–H groups in total. The molecule has 0 aliphatic heterocycles. The van der Waals surface area contributed by atoms with Crippen LogP contribution in [0.5, 0.6) is 5.75 Å². The van der Waals surface area contributed by atoms with Crippen LogP contribution in [-0.2, 0) is 4.79 Å². The zero-order valence-corrected chi connectivity index (χ0v) is 17.1. The predicted molar refractivity (Wildman–Crippen MR) is 114 cm³/mol. The summed E-state index contributed by atoms with van der Waals surface area (Å²) in [6.45, 7) is 4.60. The number of aromatic nitrogens is 3. The fourth-order valence-corrected chi connectivity index (χ4v) is 3.55. The second kappa shape index (κ2) is 9.94. The second-order valence-electron chi connectivity index (χ2n) is 6.19. The topological polar surface area (TPSA) is 107 Å². The molecule has 152 valence electrons. The SMILES string of the molecule is CCOc1ccc(N[C@@H](C)c2nnc(SCC(=O)NN)n2-c2ccccc2)cc1. The molecule has 0 aliphatic rings. The highest BCUT2D eigenvalue weighted by Gasteiger charge is 2.20. The maximum absolute atomic E-state index is 11.6. The Morgan fingerprint density at radius 1 is 1.17 bits per heavy atom. The van der Waals surface area contributed by atoms with Crippen molar-refractivity contribution in [1.82, 2.24) is 20.2 Å². The Morgan fingerprint density at radius 2 is 1.90 bits per heavy atom. The molecule has 1 aromatic heterocycles. The minimum Gasteiger partial charge on any atom is -0.494 e. The van der Waals surface area contributed by atoms with Crippen LogP contribution in [0.4, 0.5) is 5.69 Å². The molecule has 0 aliphatic carbocycles. The summed E-state index contributed by atoms with van der Waals surface area (Å²) >= 11 is 1.28. The van der Waals surface area contributed by atoms with Crippen molar-refractivity contribution < 1.29 is 9.53 Å². The van der Waals surface area contributed by atoms with Gasteiger partial charge in [0.1, 0.15) is 5.75 Å². The molecular weight excluding hydrogens is 388 g/mol. The van der Waals surface area contributed by atoms with Gasteiger partial charge < -0.3 is 10.1 Å². The molecule has 0 spiro atoms. The van der Waals surface area contributed by atoms with E-state index in [1.807, 2.05) is 73.0 Å². The van der Waals surface area contributed by atoms with Gasteiger partial charge in [-0.2, -0.15) is 0 Å². The van der Waals surface area contributed by atoms with Crippen molar-refractivity contribution in [1.29, 1.82) is 0 Å². The fraction of sp³-hybridized carbons (Fsp3) is 0.250. The van der Waals surface area contributed by atoms with Crippen molar-refractivity contribution in [2.24, 2.45) is 5.84 Å². The van der Waals surface area contributed by atoms with E-state index < -0.39 is 0 Å². The van der Waals surface area contributed by atoms with Gasteiger partial charge in [0.2, 0.25) is 5.91 Å². The third kappa shape index (κ3) is 5.27. The molecular formula is C20H24N6O2S. The minimum absolute atomic E-state index is 0.127. The first-order valence-electron chi connectivity index (χ1n) is 9.24. The number of hydrogen-bond acceptors (Lipinski definition) is 7. The Balaban J connectivity index is 1.85. The van der Waals surface area contributed by atoms with Crippen molar-refractivity contribution in [3.8, 4) is 11.4 Å². The number of para-hydroxylation sites is 1. The lowest BCUT2D eigenvalue weighted by molar-refractivity contribution is -0.118. The number of thioether (sulfide) groups is 1. The second-order valence-corrected chi connectivity index (χ2v) is 7.13. The number of hydrogen-bond donors (Lipinski definition) is 3. The number of carbonyl (C=O) groups is 1. The van der Waals surface area contributed by atoms with Gasteiger partial charge in [-0.25, -0.2) is 5.84 Å². The predicted octanol–water partition coefficient (Wildman–Crippen LogP) is 2.92. The Labute approximate surface area is 173 Å². The third-order valence-corrected chi connectivity index (χ3v) is 5.03. The van der Waals surface area contributed by atoms with Crippen molar-refractivity contribution >= 4 is 23.4 Å². The number of nitrogens with one attached hydrogen (secondary N) is 2. The third-order valence-electron chi connectivity index (χ3n) is 4.10. The van der Waals surface area contributed by atoms with E-state index in [-0.39, 0.29) is 17.7 Å². The summed E-state index contributed by atoms with van der Waals surface area (Å²) in [6.07, 6.45) is 0. The molecule has 1 atom stereocenters. The van der Waals surface area contributed by atoms with Crippen molar-refractivity contribution in [2.45, 2.75) is 25.0 Å². The van der Waals surface area contributed by atoms with Crippen LogP contribution in [0.15, 0.2) is 59.8 Å². The number of ether oxygens (including phenoxy) is 1. The van der Waals surface area contributed by atoms with Crippen LogP contribution in [0.3, 0.4) is 0 Å². The molecule has 1 heterocycles. The smallest absolute Gasteiger partial charge is 0.244 e. The number of amides is 1. The molecule has 0 unspecified atom stereocenters. The van der Waals surface area contributed by atoms with Gasteiger partial charge in [-0.3, -0.25) is 14.8 Å². The molecule has 29 heavy (non-hydrogen) atoms. The maximum Gasteiger partial charge on any atom is 0.244 e. The lowest BCUT2D eigenvalue weighted by Crippen LogP contribution is -2.31. The zero-order chi connectivity index (χ0) is 20.6. The molecule has 1 amide bonds. The Bertz CT molecular complexity index is 930. The van der Waals surface area contributed by atoms with Crippen LogP contribution in [0.25, 0.3) is 5.69 Å². The van der Waals surface area contributed by atoms with E-state index in [2.05, 4.69) is 20.9 Å². The molecule has 8 nitrogen and oxygen atoms in total. The Kier molecular flexibility index (Phi) is 7.09. The number of carbonyl (C=O) groups excluding carboxylic acids is 1. The zero-order valence-electron chi connectivity index (χ0n) is 16.3. The van der Waals surface area contributed by atoms with Crippen LogP contribution in [0, 0.1) is 0 Å². The van der Waals surface area contributed by atoms with Gasteiger partial charge in [-0.05, 0) is 50.2 Å². The lowest BCUT2D eigenvalue weighted by Gasteiger charge is -2.17. The minimum atomic E-state index is -0.278. The first-order chi connectivity index (χ1) is 14.1. The summed E-state index contributed by atoms with van der Waals surface area (Å²) in [7, 11) is 0. The van der Waals surface area contributed by atoms with E-state index in [0.29, 0.717) is 11.8 Å². The molecule has 9 heteroatoms. The normalized spacial score (nSPS) is 11.7. The van der Waals surface area contributed by atoms with Crippen LogP contribution < -0.4 is 21.3 Å². The summed E-state index contributed by atoms with van der Waals surface area (Å²) in [5, 5.41) is 12.7. The summed E-state index contributed by atoms with van der Waals surface area (Å²) in [4.78, 5) is 11.6. The largest absolute Gasteiger partial charge is 0.494 e. The van der Waals surface area contributed by atoms with Gasteiger partial charge in [0.15, 0.2) is 11.0 Å². The summed E-state index contributed by atoms with van der Waals surface area (Å²) in [5.74, 6) is 6.62. The van der Waals surface area contributed by atoms with E-state index >= 15 is 0 Å². The van der Waals surface area contributed by atoms with E-state index in [0.717, 1.165) is 22.9 Å². The van der Waals surface area contributed by atoms with E-state index in [1.54, 1.807) is 0 Å². The number of anilines is 1. The summed E-state index contributed by atoms with van der Waals surface area (Å²) in [6, 6.07) is 17.4. The van der Waals surface area contributed by atoms with Gasteiger partial charge in [0, 0.05) is 11.4 Å². The number of nitrogens with zero attached hydrogens (tertiary/aromatic N) is 3. The summed E-state index contributed by atoms with van der Waals surface area (Å²) < 4.78 is 7.43. The average Bonchev–Trinajstić information content (AvgIpc) is 3.18. The maximum atomic E-state index is 11.6. The summed E-state index contributed by atoms with van der Waals surface area (Å²) in [5.41, 5.74) is 4.00. The number of nitrogens with two attached hydrogens (primary N) is 1. The molecule has 0 saturated carbocycles. The highest BCUT2D eigenvalue weighted by atomic mass is 32.2. The Morgan fingerprint density at radius 3 is 2.55 bits per heavy atom. The standard InChI is InChI=1S/C20H24N6O2S/c1-3-28-17-11-9-15(10-12-17)22-14(2)19-24-25-20(29-13-18(27)23-21)26(19)16-7-5-4-6-8-16/h4-12,14,22H,3,13,21H2,1-2H3,(H,23,27)/t14-/m0/s1. The van der Waals surface area contributed by atoms with Crippen LogP contribution in [0.2, 0.25) is 0 Å². The van der Waals surface area contributed by atoms with E-state index in [4.69, 9.17) is 10.6 Å².